The maximum Gasteiger partial charge on any atom is 0.181 e. The Labute approximate surface area is 122 Å². The van der Waals surface area contributed by atoms with E-state index < -0.39 is 5.60 Å². The van der Waals surface area contributed by atoms with Gasteiger partial charge in [-0.1, -0.05) is 55.6 Å². The van der Waals surface area contributed by atoms with Gasteiger partial charge in [0.25, 0.3) is 0 Å². The highest BCUT2D eigenvalue weighted by Crippen LogP contribution is 2.38. The smallest absolute Gasteiger partial charge is 0.181 e. The van der Waals surface area contributed by atoms with Crippen molar-refractivity contribution in [2.45, 2.75) is 22.2 Å². The Balaban J connectivity index is 2.11. The predicted molar refractivity (Wildman–Crippen MR) is 75.2 cm³/mol. The van der Waals surface area contributed by atoms with Gasteiger partial charge in [-0.15, -0.1) is 0 Å². The van der Waals surface area contributed by atoms with Crippen LogP contribution in [0.2, 0.25) is 5.02 Å². The fourth-order valence-corrected chi connectivity index (χ4v) is 2.95. The molecule has 1 aromatic rings. The van der Waals surface area contributed by atoms with Crippen LogP contribution in [-0.4, -0.2) is 22.8 Å². The van der Waals surface area contributed by atoms with Gasteiger partial charge in [0, 0.05) is 5.02 Å². The second kappa shape index (κ2) is 5.00. The molecule has 1 saturated heterocycles. The van der Waals surface area contributed by atoms with Crippen molar-refractivity contribution in [2.24, 2.45) is 0 Å². The molecule has 0 aromatic heterocycles. The zero-order valence-electron chi connectivity index (χ0n) is 9.12. The summed E-state index contributed by atoms with van der Waals surface area (Å²) in [5, 5.41) is 0.684. The number of benzene rings is 1. The van der Waals surface area contributed by atoms with Crippen molar-refractivity contribution in [2.75, 3.05) is 6.61 Å². The molecule has 1 fully saturated rings. The monoisotopic (exact) mass is 380 g/mol. The van der Waals surface area contributed by atoms with E-state index in [1.54, 1.807) is 0 Å². The van der Waals surface area contributed by atoms with E-state index in [9.17, 15) is 4.79 Å². The Bertz CT molecular complexity index is 429. The molecule has 0 saturated carbocycles. The molecular formula is C12H11Br2ClO2. The summed E-state index contributed by atoms with van der Waals surface area (Å²) in [5.41, 5.74) is 0.404. The van der Waals surface area contributed by atoms with E-state index in [0.717, 1.165) is 5.56 Å². The van der Waals surface area contributed by atoms with E-state index in [1.165, 1.54) is 0 Å². The number of Topliss-reactive ketones (excluding diaryl/α,β-unsaturated/α-hetero) is 1. The lowest BCUT2D eigenvalue weighted by atomic mass is 10.00. The number of ether oxygens (including phenoxy) is 1. The Kier molecular flexibility index (Phi) is 3.98. The highest BCUT2D eigenvalue weighted by Gasteiger charge is 2.50. The van der Waals surface area contributed by atoms with Crippen LogP contribution in [0, 0.1) is 0 Å². The summed E-state index contributed by atoms with van der Waals surface area (Å²) in [4.78, 5) is 11.7. The number of alkyl halides is 2. The molecule has 1 aliphatic heterocycles. The topological polar surface area (TPSA) is 29.6 Å². The van der Waals surface area contributed by atoms with Crippen molar-refractivity contribution >= 4 is 49.2 Å². The average molecular weight is 382 g/mol. The van der Waals surface area contributed by atoms with Crippen molar-refractivity contribution < 1.29 is 9.53 Å². The number of halogens is 3. The summed E-state index contributed by atoms with van der Waals surface area (Å²) in [7, 11) is 0. The third kappa shape index (κ3) is 2.92. The molecule has 3 atom stereocenters. The minimum Gasteiger partial charge on any atom is -0.362 e. The molecule has 0 bridgehead atoms. The van der Waals surface area contributed by atoms with Gasteiger partial charge < -0.3 is 4.74 Å². The first kappa shape index (κ1) is 13.5. The van der Waals surface area contributed by atoms with Crippen molar-refractivity contribution in [3.8, 4) is 0 Å². The average Bonchev–Trinajstić information content (AvgIpc) is 3.07. The first-order valence-corrected chi connectivity index (χ1v) is 7.37. The Hall–Kier alpha value is 0.1000. The molecule has 0 amide bonds. The molecule has 0 aliphatic carbocycles. The summed E-state index contributed by atoms with van der Waals surface area (Å²) in [6.07, 6.45) is 0. The molecule has 0 N–H and O–H groups in total. The van der Waals surface area contributed by atoms with E-state index in [2.05, 4.69) is 31.9 Å². The number of epoxide rings is 1. The molecule has 5 heteroatoms. The van der Waals surface area contributed by atoms with Crippen LogP contribution in [0.25, 0.3) is 0 Å². The minimum atomic E-state index is -0.605. The van der Waals surface area contributed by atoms with E-state index >= 15 is 0 Å². The number of hydrogen-bond donors (Lipinski definition) is 0. The standard InChI is InChI=1S/C12H11Br2ClO2/c1-12(6-17-12)11(16)10(14)9(13)7-2-4-8(15)5-3-7/h2-5,9-10H,6H2,1H3/t9-,10-,12+/m1/s1. The minimum absolute atomic E-state index is 0.0642. The number of carbonyl (C=O) groups excluding carboxylic acids is 1. The predicted octanol–water partition coefficient (Wildman–Crippen LogP) is 3.90. The number of carbonyl (C=O) groups is 1. The lowest BCUT2D eigenvalue weighted by Crippen LogP contribution is -2.31. The normalized spacial score (nSPS) is 26.4. The van der Waals surface area contributed by atoms with Crippen molar-refractivity contribution in [3.05, 3.63) is 34.9 Å². The fraction of sp³-hybridized carbons (Fsp3) is 0.417. The van der Waals surface area contributed by atoms with Crippen LogP contribution in [0.1, 0.15) is 17.3 Å². The summed E-state index contributed by atoms with van der Waals surface area (Å²) < 4.78 is 5.16. The van der Waals surface area contributed by atoms with Gasteiger partial charge in [-0.05, 0) is 24.6 Å². The van der Waals surface area contributed by atoms with E-state index in [-0.39, 0.29) is 15.4 Å². The second-order valence-corrected chi connectivity index (χ2v) is 6.65. The summed E-state index contributed by atoms with van der Waals surface area (Å²) in [5.74, 6) is 0.0642. The molecule has 0 unspecified atom stereocenters. The summed E-state index contributed by atoms with van der Waals surface area (Å²) in [6, 6.07) is 7.42. The van der Waals surface area contributed by atoms with Gasteiger partial charge in [0.15, 0.2) is 5.78 Å². The van der Waals surface area contributed by atoms with Gasteiger partial charge in [0.1, 0.15) is 5.60 Å². The first-order valence-electron chi connectivity index (χ1n) is 5.16. The third-order valence-electron chi connectivity index (χ3n) is 2.79. The molecule has 1 heterocycles. The van der Waals surface area contributed by atoms with E-state index in [0.29, 0.717) is 11.6 Å². The third-order valence-corrected chi connectivity index (χ3v) is 5.76. The Morgan fingerprint density at radius 2 is 1.94 bits per heavy atom. The van der Waals surface area contributed by atoms with Crippen molar-refractivity contribution in [1.82, 2.24) is 0 Å². The van der Waals surface area contributed by atoms with Crippen LogP contribution in [0.3, 0.4) is 0 Å². The van der Waals surface area contributed by atoms with Gasteiger partial charge in [0.05, 0.1) is 16.3 Å². The van der Waals surface area contributed by atoms with Crippen molar-refractivity contribution in [3.63, 3.8) is 0 Å². The highest BCUT2D eigenvalue weighted by molar-refractivity contribution is 9.12. The molecule has 0 radical (unpaired) electrons. The maximum atomic E-state index is 12.1. The lowest BCUT2D eigenvalue weighted by Gasteiger charge is -2.18. The summed E-state index contributed by atoms with van der Waals surface area (Å²) >= 11 is 12.8. The Morgan fingerprint density at radius 3 is 2.41 bits per heavy atom. The zero-order valence-corrected chi connectivity index (χ0v) is 13.0. The quantitative estimate of drug-likeness (QED) is 0.584. The molecule has 2 rings (SSSR count). The van der Waals surface area contributed by atoms with Crippen LogP contribution in [0.5, 0.6) is 0 Å². The maximum absolute atomic E-state index is 12.1. The largest absolute Gasteiger partial charge is 0.362 e. The summed E-state index contributed by atoms with van der Waals surface area (Å²) in [6.45, 7) is 2.32. The second-order valence-electron chi connectivity index (χ2n) is 4.24. The zero-order chi connectivity index (χ0) is 12.6. The van der Waals surface area contributed by atoms with E-state index in [1.807, 2.05) is 31.2 Å². The van der Waals surface area contributed by atoms with Crippen LogP contribution >= 0.6 is 43.5 Å². The Morgan fingerprint density at radius 1 is 1.41 bits per heavy atom. The van der Waals surface area contributed by atoms with Crippen LogP contribution in [-0.2, 0) is 9.53 Å². The fourth-order valence-electron chi connectivity index (χ4n) is 1.49. The van der Waals surface area contributed by atoms with Crippen LogP contribution in [0.4, 0.5) is 0 Å². The van der Waals surface area contributed by atoms with Crippen LogP contribution in [0.15, 0.2) is 24.3 Å². The molecular weight excluding hydrogens is 371 g/mol. The van der Waals surface area contributed by atoms with Gasteiger partial charge in [-0.3, -0.25) is 4.79 Å². The van der Waals surface area contributed by atoms with Crippen molar-refractivity contribution in [1.29, 1.82) is 0 Å². The molecule has 92 valence electrons. The number of ketones is 1. The number of rotatable bonds is 4. The van der Waals surface area contributed by atoms with Gasteiger partial charge >= 0.3 is 0 Å². The molecule has 1 aliphatic rings. The van der Waals surface area contributed by atoms with Gasteiger partial charge in [0.2, 0.25) is 0 Å². The molecule has 2 nitrogen and oxygen atoms in total. The molecule has 1 aromatic carbocycles. The van der Waals surface area contributed by atoms with Crippen LogP contribution < -0.4 is 0 Å². The van der Waals surface area contributed by atoms with E-state index in [4.69, 9.17) is 16.3 Å². The lowest BCUT2D eigenvalue weighted by molar-refractivity contribution is -0.122. The first-order chi connectivity index (χ1) is 7.94. The molecule has 17 heavy (non-hydrogen) atoms. The molecule has 0 spiro atoms. The number of hydrogen-bond acceptors (Lipinski definition) is 2. The highest BCUT2D eigenvalue weighted by atomic mass is 79.9. The van der Waals surface area contributed by atoms with Gasteiger partial charge in [-0.2, -0.15) is 0 Å². The SMILES string of the molecule is C[C@@]1(C(=O)[C@H](Br)[C@H](Br)c2ccc(Cl)cc2)CO1. The van der Waals surface area contributed by atoms with Gasteiger partial charge in [-0.25, -0.2) is 0 Å².